The molecule has 0 aromatic carbocycles. The standard InChI is InChI=1S/C9H13N3O3/c1-5-2-3-6(4-13)7-8(5)12(9(14)15)11-10-7/h3,5,7-8,13H,2,4H2,1H3,(H,14,15)/t5-,7-,8?/m0/s1. The fraction of sp³-hybridized carbons (Fsp3) is 0.667. The molecule has 2 aliphatic rings. The van der Waals surface area contributed by atoms with Crippen LogP contribution >= 0.6 is 0 Å². The second-order valence-electron chi connectivity index (χ2n) is 3.92. The number of amides is 1. The summed E-state index contributed by atoms with van der Waals surface area (Å²) in [5, 5.41) is 26.6. The van der Waals surface area contributed by atoms with E-state index in [-0.39, 0.29) is 24.6 Å². The Hall–Kier alpha value is -1.43. The number of carboxylic acid groups (broad SMARTS) is 1. The monoisotopic (exact) mass is 211 g/mol. The lowest BCUT2D eigenvalue weighted by Crippen LogP contribution is -2.45. The van der Waals surface area contributed by atoms with Gasteiger partial charge in [0, 0.05) is 0 Å². The van der Waals surface area contributed by atoms with Crippen molar-refractivity contribution in [3.8, 4) is 0 Å². The minimum atomic E-state index is -1.09. The predicted molar refractivity (Wildman–Crippen MR) is 51.2 cm³/mol. The van der Waals surface area contributed by atoms with Crippen LogP contribution < -0.4 is 0 Å². The number of rotatable bonds is 1. The molecule has 0 spiro atoms. The molecule has 6 heteroatoms. The largest absolute Gasteiger partial charge is 0.464 e. The molecule has 0 saturated carbocycles. The van der Waals surface area contributed by atoms with Crippen molar-refractivity contribution in [2.75, 3.05) is 6.61 Å². The van der Waals surface area contributed by atoms with Crippen molar-refractivity contribution < 1.29 is 15.0 Å². The molecule has 0 aromatic rings. The summed E-state index contributed by atoms with van der Waals surface area (Å²) in [6, 6.07) is -0.551. The Morgan fingerprint density at radius 1 is 1.73 bits per heavy atom. The molecular formula is C9H13N3O3. The van der Waals surface area contributed by atoms with Gasteiger partial charge in [0.2, 0.25) is 0 Å². The van der Waals surface area contributed by atoms with E-state index >= 15 is 0 Å². The van der Waals surface area contributed by atoms with Crippen LogP contribution in [-0.2, 0) is 0 Å². The van der Waals surface area contributed by atoms with Crippen molar-refractivity contribution in [1.82, 2.24) is 5.01 Å². The lowest BCUT2D eigenvalue weighted by molar-refractivity contribution is 0.114. The molecule has 15 heavy (non-hydrogen) atoms. The maximum atomic E-state index is 10.9. The van der Waals surface area contributed by atoms with Gasteiger partial charge in [-0.25, -0.2) is 4.79 Å². The first-order valence-electron chi connectivity index (χ1n) is 4.88. The number of nitrogens with zero attached hydrogens (tertiary/aromatic N) is 3. The zero-order chi connectivity index (χ0) is 11.0. The maximum absolute atomic E-state index is 10.9. The van der Waals surface area contributed by atoms with Crippen molar-refractivity contribution in [3.63, 3.8) is 0 Å². The minimum Gasteiger partial charge on any atom is -0.464 e. The zero-order valence-corrected chi connectivity index (χ0v) is 8.37. The highest BCUT2D eigenvalue weighted by atomic mass is 16.4. The summed E-state index contributed by atoms with van der Waals surface area (Å²) in [6.07, 6.45) is 1.60. The van der Waals surface area contributed by atoms with Crippen molar-refractivity contribution in [3.05, 3.63) is 11.6 Å². The Labute approximate surface area is 86.9 Å². The van der Waals surface area contributed by atoms with E-state index in [0.717, 1.165) is 17.0 Å². The van der Waals surface area contributed by atoms with Gasteiger partial charge in [0.1, 0.15) is 6.04 Å². The van der Waals surface area contributed by atoms with Gasteiger partial charge in [0.05, 0.1) is 12.6 Å². The van der Waals surface area contributed by atoms with Crippen molar-refractivity contribution in [2.45, 2.75) is 25.4 Å². The summed E-state index contributed by atoms with van der Waals surface area (Å²) in [5.41, 5.74) is 0.769. The van der Waals surface area contributed by atoms with Gasteiger partial charge < -0.3 is 10.2 Å². The molecule has 1 aliphatic heterocycles. The molecule has 0 bridgehead atoms. The molecule has 6 nitrogen and oxygen atoms in total. The van der Waals surface area contributed by atoms with Gasteiger partial charge in [-0.3, -0.25) is 0 Å². The van der Waals surface area contributed by atoms with E-state index in [2.05, 4.69) is 10.3 Å². The fourth-order valence-corrected chi connectivity index (χ4v) is 2.14. The molecule has 0 radical (unpaired) electrons. The Balaban J connectivity index is 2.28. The van der Waals surface area contributed by atoms with E-state index in [1.807, 2.05) is 13.0 Å². The molecule has 0 saturated heterocycles. The molecule has 1 unspecified atom stereocenters. The average Bonchev–Trinajstić information content (AvgIpc) is 2.63. The van der Waals surface area contributed by atoms with Gasteiger partial charge in [-0.2, -0.15) is 10.1 Å². The molecule has 1 aliphatic carbocycles. The molecule has 3 atom stereocenters. The SMILES string of the molecule is C[C@H]1CC=C(CO)[C@@H]2N=NN(C(=O)O)C12. The van der Waals surface area contributed by atoms with Gasteiger partial charge in [0.25, 0.3) is 0 Å². The topological polar surface area (TPSA) is 85.5 Å². The van der Waals surface area contributed by atoms with Crippen LogP contribution in [0, 0.1) is 5.92 Å². The van der Waals surface area contributed by atoms with E-state index < -0.39 is 6.09 Å². The van der Waals surface area contributed by atoms with Gasteiger partial charge in [-0.05, 0) is 17.9 Å². The number of aliphatic hydroxyl groups excluding tert-OH is 1. The van der Waals surface area contributed by atoms with Crippen molar-refractivity contribution in [2.24, 2.45) is 16.3 Å². The highest BCUT2D eigenvalue weighted by molar-refractivity contribution is 5.65. The summed E-state index contributed by atoms with van der Waals surface area (Å²) >= 11 is 0. The third kappa shape index (κ3) is 1.50. The van der Waals surface area contributed by atoms with E-state index in [4.69, 9.17) is 10.2 Å². The zero-order valence-electron chi connectivity index (χ0n) is 8.37. The minimum absolute atomic E-state index is 0.0830. The molecule has 0 aromatic heterocycles. The number of carbonyl (C=O) groups is 1. The first-order valence-corrected chi connectivity index (χ1v) is 4.88. The number of fused-ring (bicyclic) bond motifs is 1. The Bertz CT molecular complexity index is 339. The van der Waals surface area contributed by atoms with E-state index in [1.54, 1.807) is 0 Å². The van der Waals surface area contributed by atoms with Crippen LogP contribution in [0.5, 0.6) is 0 Å². The third-order valence-corrected chi connectivity index (χ3v) is 2.97. The van der Waals surface area contributed by atoms with E-state index in [0.29, 0.717) is 0 Å². The van der Waals surface area contributed by atoms with Crippen LogP contribution in [0.2, 0.25) is 0 Å². The quantitative estimate of drug-likeness (QED) is 0.635. The van der Waals surface area contributed by atoms with Gasteiger partial charge in [-0.1, -0.05) is 18.2 Å². The highest BCUT2D eigenvalue weighted by Gasteiger charge is 2.43. The third-order valence-electron chi connectivity index (χ3n) is 2.97. The highest BCUT2D eigenvalue weighted by Crippen LogP contribution is 2.34. The maximum Gasteiger partial charge on any atom is 0.429 e. The predicted octanol–water partition coefficient (Wildman–Crippen LogP) is 1.04. The summed E-state index contributed by atoms with van der Waals surface area (Å²) in [6.45, 7) is 1.88. The molecule has 2 rings (SSSR count). The Kier molecular flexibility index (Phi) is 2.44. The molecule has 82 valence electrons. The van der Waals surface area contributed by atoms with Crippen LogP contribution in [0.25, 0.3) is 0 Å². The van der Waals surface area contributed by atoms with Crippen molar-refractivity contribution in [1.29, 1.82) is 0 Å². The first-order chi connectivity index (χ1) is 7.15. The summed E-state index contributed by atoms with van der Waals surface area (Å²) in [4.78, 5) is 10.9. The second-order valence-corrected chi connectivity index (χ2v) is 3.92. The van der Waals surface area contributed by atoms with E-state index in [9.17, 15) is 4.79 Å². The number of hydrogen-bond acceptors (Lipinski definition) is 4. The van der Waals surface area contributed by atoms with Crippen LogP contribution in [0.1, 0.15) is 13.3 Å². The van der Waals surface area contributed by atoms with Gasteiger partial charge >= 0.3 is 6.09 Å². The number of allylic oxidation sites excluding steroid dienone is 1. The second kappa shape index (κ2) is 3.62. The van der Waals surface area contributed by atoms with Gasteiger partial charge in [-0.15, -0.1) is 0 Å². The molecular weight excluding hydrogens is 198 g/mol. The molecule has 2 N–H and O–H groups in total. The lowest BCUT2D eigenvalue weighted by atomic mass is 9.82. The molecule has 1 heterocycles. The van der Waals surface area contributed by atoms with Crippen LogP contribution in [0.3, 0.4) is 0 Å². The van der Waals surface area contributed by atoms with Crippen molar-refractivity contribution >= 4 is 6.09 Å². The summed E-state index contributed by atoms with van der Waals surface area (Å²) < 4.78 is 0. The van der Waals surface area contributed by atoms with Crippen LogP contribution in [0.15, 0.2) is 22.0 Å². The summed E-state index contributed by atoms with van der Waals surface area (Å²) in [7, 11) is 0. The molecule has 0 fully saturated rings. The smallest absolute Gasteiger partial charge is 0.429 e. The van der Waals surface area contributed by atoms with E-state index in [1.165, 1.54) is 0 Å². The van der Waals surface area contributed by atoms with Crippen LogP contribution in [-0.4, -0.2) is 40.0 Å². The Morgan fingerprint density at radius 3 is 3.07 bits per heavy atom. The molecule has 1 amide bonds. The van der Waals surface area contributed by atoms with Crippen LogP contribution in [0.4, 0.5) is 4.79 Å². The average molecular weight is 211 g/mol. The van der Waals surface area contributed by atoms with Gasteiger partial charge in [0.15, 0.2) is 0 Å². The lowest BCUT2D eigenvalue weighted by Gasteiger charge is -2.31. The Morgan fingerprint density at radius 2 is 2.47 bits per heavy atom. The first kappa shape index (κ1) is 10.1. The normalized spacial score (nSPS) is 33.9. The summed E-state index contributed by atoms with van der Waals surface area (Å²) in [5.74, 6) is 0.177. The number of hydrogen-bond donors (Lipinski definition) is 2. The fourth-order valence-electron chi connectivity index (χ4n) is 2.14. The number of aliphatic hydroxyl groups is 1.